The smallest absolute Gasteiger partial charge is 0.410 e. The fourth-order valence-electron chi connectivity index (χ4n) is 3.93. The number of carbonyl (C=O) groups is 1. The lowest BCUT2D eigenvalue weighted by Gasteiger charge is -2.33. The predicted molar refractivity (Wildman–Crippen MR) is 123 cm³/mol. The second-order valence-electron chi connectivity index (χ2n) is 9.14. The molecule has 1 fully saturated rings. The van der Waals surface area contributed by atoms with Gasteiger partial charge in [0.05, 0.1) is 17.9 Å². The monoisotopic (exact) mass is 462 g/mol. The summed E-state index contributed by atoms with van der Waals surface area (Å²) >= 11 is 0. The SMILES string of the molecule is CC(C)(C)OC(=O)N1CCC(n2ncc3c(Oc4ccc(-n5cncn5)cc4)ncnc32)CC1. The summed E-state index contributed by atoms with van der Waals surface area (Å²) in [5, 5.41) is 9.44. The lowest BCUT2D eigenvalue weighted by atomic mass is 10.1. The van der Waals surface area contributed by atoms with Gasteiger partial charge in [0.25, 0.3) is 0 Å². The van der Waals surface area contributed by atoms with Gasteiger partial charge in [0.2, 0.25) is 5.88 Å². The highest BCUT2D eigenvalue weighted by molar-refractivity contribution is 5.80. The minimum atomic E-state index is -0.504. The van der Waals surface area contributed by atoms with Crippen LogP contribution in [-0.2, 0) is 4.74 Å². The standard InChI is InChI=1S/C23H26N8O3/c1-23(2,3)34-22(32)29-10-8-17(9-11-29)31-20-19(12-27-31)21(26-14-25-20)33-18-6-4-16(5-7-18)30-15-24-13-28-30/h4-7,12-15,17H,8-11H2,1-3H3. The molecule has 1 amide bonds. The second-order valence-corrected chi connectivity index (χ2v) is 9.14. The Morgan fingerprint density at radius 3 is 2.47 bits per heavy atom. The molecule has 0 bridgehead atoms. The Morgan fingerprint density at radius 2 is 1.79 bits per heavy atom. The summed E-state index contributed by atoms with van der Waals surface area (Å²) in [6.07, 6.45) is 7.59. The zero-order valence-electron chi connectivity index (χ0n) is 19.3. The Hall–Kier alpha value is -4.02. The molecule has 0 aliphatic carbocycles. The van der Waals surface area contributed by atoms with Gasteiger partial charge in [-0.25, -0.2) is 29.1 Å². The first-order chi connectivity index (χ1) is 16.4. The fraction of sp³-hybridized carbons (Fsp3) is 0.391. The number of hydrogen-bond acceptors (Lipinski definition) is 8. The molecule has 34 heavy (non-hydrogen) atoms. The Morgan fingerprint density at radius 1 is 1.03 bits per heavy atom. The van der Waals surface area contributed by atoms with Gasteiger partial charge >= 0.3 is 6.09 Å². The highest BCUT2D eigenvalue weighted by Crippen LogP contribution is 2.31. The normalized spacial score (nSPS) is 15.0. The van der Waals surface area contributed by atoms with E-state index in [0.717, 1.165) is 23.9 Å². The van der Waals surface area contributed by atoms with Crippen LogP contribution in [0.1, 0.15) is 39.7 Å². The Labute approximate surface area is 196 Å². The van der Waals surface area contributed by atoms with Crippen LogP contribution in [0.4, 0.5) is 4.79 Å². The first-order valence-electron chi connectivity index (χ1n) is 11.2. The molecule has 0 unspecified atom stereocenters. The van der Waals surface area contributed by atoms with Crippen molar-refractivity contribution in [2.45, 2.75) is 45.3 Å². The van der Waals surface area contributed by atoms with Crippen LogP contribution >= 0.6 is 0 Å². The maximum absolute atomic E-state index is 12.4. The van der Waals surface area contributed by atoms with Crippen LogP contribution in [0.5, 0.6) is 11.6 Å². The Kier molecular flexibility index (Phi) is 5.60. The number of carbonyl (C=O) groups excluding carboxylic acids is 1. The summed E-state index contributed by atoms with van der Waals surface area (Å²) in [5.74, 6) is 1.08. The number of aromatic nitrogens is 7. The summed E-state index contributed by atoms with van der Waals surface area (Å²) in [5.41, 5.74) is 1.08. The number of rotatable bonds is 4. The van der Waals surface area contributed by atoms with Crippen molar-refractivity contribution in [3.05, 3.63) is 49.4 Å². The van der Waals surface area contributed by atoms with E-state index in [9.17, 15) is 4.79 Å². The number of fused-ring (bicyclic) bond motifs is 1. The van der Waals surface area contributed by atoms with E-state index in [0.29, 0.717) is 30.4 Å². The quantitative estimate of drug-likeness (QED) is 0.450. The van der Waals surface area contributed by atoms with Crippen LogP contribution in [0.3, 0.4) is 0 Å². The van der Waals surface area contributed by atoms with E-state index in [4.69, 9.17) is 9.47 Å². The molecule has 176 valence electrons. The summed E-state index contributed by atoms with van der Waals surface area (Å²) in [6, 6.07) is 7.61. The topological polar surface area (TPSA) is 113 Å². The molecule has 0 atom stereocenters. The summed E-state index contributed by atoms with van der Waals surface area (Å²) in [4.78, 5) is 26.8. The van der Waals surface area contributed by atoms with E-state index in [2.05, 4.69) is 25.1 Å². The molecule has 11 nitrogen and oxygen atoms in total. The van der Waals surface area contributed by atoms with Crippen molar-refractivity contribution in [1.82, 2.24) is 39.4 Å². The van der Waals surface area contributed by atoms with Crippen LogP contribution in [-0.4, -0.2) is 64.2 Å². The number of nitrogens with zero attached hydrogens (tertiary/aromatic N) is 8. The third-order valence-corrected chi connectivity index (χ3v) is 5.55. The Balaban J connectivity index is 1.29. The molecule has 1 aliphatic rings. The van der Waals surface area contributed by atoms with E-state index in [1.807, 2.05) is 49.7 Å². The van der Waals surface area contributed by atoms with Gasteiger partial charge in [0.15, 0.2) is 5.65 Å². The number of ether oxygens (including phenoxy) is 2. The maximum Gasteiger partial charge on any atom is 0.410 e. The molecule has 0 saturated carbocycles. The predicted octanol–water partition coefficient (Wildman–Crippen LogP) is 3.77. The van der Waals surface area contributed by atoms with Crippen molar-refractivity contribution < 1.29 is 14.3 Å². The molecule has 0 N–H and O–H groups in total. The molecular weight excluding hydrogens is 436 g/mol. The lowest BCUT2D eigenvalue weighted by Crippen LogP contribution is -2.42. The van der Waals surface area contributed by atoms with Gasteiger partial charge in [0.1, 0.15) is 35.7 Å². The van der Waals surface area contributed by atoms with Crippen molar-refractivity contribution in [1.29, 1.82) is 0 Å². The van der Waals surface area contributed by atoms with Crippen molar-refractivity contribution in [3.8, 4) is 17.3 Å². The lowest BCUT2D eigenvalue weighted by molar-refractivity contribution is 0.0186. The zero-order chi connectivity index (χ0) is 23.7. The third-order valence-electron chi connectivity index (χ3n) is 5.55. The zero-order valence-corrected chi connectivity index (χ0v) is 19.3. The van der Waals surface area contributed by atoms with E-state index in [-0.39, 0.29) is 12.1 Å². The molecule has 1 saturated heterocycles. The van der Waals surface area contributed by atoms with Crippen LogP contribution in [0.15, 0.2) is 49.4 Å². The fourth-order valence-corrected chi connectivity index (χ4v) is 3.93. The van der Waals surface area contributed by atoms with Crippen molar-refractivity contribution in [2.24, 2.45) is 0 Å². The largest absolute Gasteiger partial charge is 0.444 e. The van der Waals surface area contributed by atoms with Gasteiger partial charge in [-0.15, -0.1) is 0 Å². The highest BCUT2D eigenvalue weighted by atomic mass is 16.6. The molecule has 3 aromatic heterocycles. The van der Waals surface area contributed by atoms with Crippen molar-refractivity contribution in [3.63, 3.8) is 0 Å². The molecular formula is C23H26N8O3. The summed E-state index contributed by atoms with van der Waals surface area (Å²) < 4.78 is 15.1. The minimum absolute atomic E-state index is 0.126. The van der Waals surface area contributed by atoms with Gasteiger partial charge in [-0.1, -0.05) is 0 Å². The molecule has 1 aromatic carbocycles. The van der Waals surface area contributed by atoms with E-state index in [1.54, 1.807) is 22.1 Å². The van der Waals surface area contributed by atoms with Crippen LogP contribution < -0.4 is 4.74 Å². The van der Waals surface area contributed by atoms with Gasteiger partial charge in [0, 0.05) is 13.1 Å². The molecule has 0 radical (unpaired) electrons. The molecule has 5 rings (SSSR count). The first kappa shape index (κ1) is 21.8. The van der Waals surface area contributed by atoms with Gasteiger partial charge in [-0.2, -0.15) is 10.2 Å². The molecule has 1 aliphatic heterocycles. The van der Waals surface area contributed by atoms with Gasteiger partial charge in [-0.05, 0) is 57.9 Å². The molecule has 0 spiro atoms. The average molecular weight is 463 g/mol. The molecule has 11 heteroatoms. The summed E-state index contributed by atoms with van der Waals surface area (Å²) in [6.45, 7) is 6.83. The van der Waals surface area contributed by atoms with Crippen LogP contribution in [0, 0.1) is 0 Å². The second kappa shape index (κ2) is 8.73. The Bertz CT molecular complexity index is 1270. The van der Waals surface area contributed by atoms with Crippen molar-refractivity contribution >= 4 is 17.1 Å². The van der Waals surface area contributed by atoms with E-state index in [1.165, 1.54) is 12.7 Å². The number of piperidine rings is 1. The number of hydrogen-bond donors (Lipinski definition) is 0. The molecule has 4 aromatic rings. The van der Waals surface area contributed by atoms with Crippen LogP contribution in [0.2, 0.25) is 0 Å². The maximum atomic E-state index is 12.4. The summed E-state index contributed by atoms with van der Waals surface area (Å²) in [7, 11) is 0. The van der Waals surface area contributed by atoms with Gasteiger partial charge < -0.3 is 14.4 Å². The molecule has 4 heterocycles. The number of amides is 1. The number of likely N-dealkylation sites (tertiary alicyclic amines) is 1. The average Bonchev–Trinajstić information content (AvgIpc) is 3.50. The third kappa shape index (κ3) is 4.54. The number of benzene rings is 1. The highest BCUT2D eigenvalue weighted by Gasteiger charge is 2.29. The van der Waals surface area contributed by atoms with E-state index < -0.39 is 5.60 Å². The first-order valence-corrected chi connectivity index (χ1v) is 11.2. The van der Waals surface area contributed by atoms with Gasteiger partial charge in [-0.3, -0.25) is 0 Å². The minimum Gasteiger partial charge on any atom is -0.444 e. The van der Waals surface area contributed by atoms with E-state index >= 15 is 0 Å². The van der Waals surface area contributed by atoms with Crippen molar-refractivity contribution in [2.75, 3.05) is 13.1 Å². The van der Waals surface area contributed by atoms with Crippen LogP contribution in [0.25, 0.3) is 16.7 Å².